The molecular formula is C15H18N2O4. The van der Waals surface area contributed by atoms with Crippen LogP contribution in [0.25, 0.3) is 0 Å². The number of amides is 2. The first-order valence-corrected chi connectivity index (χ1v) is 6.47. The Morgan fingerprint density at radius 2 is 2.00 bits per heavy atom. The van der Waals surface area contributed by atoms with E-state index in [0.29, 0.717) is 6.42 Å². The van der Waals surface area contributed by atoms with Crippen molar-refractivity contribution >= 4 is 17.8 Å². The number of allylic oxidation sites excluding steroid dienone is 2. The lowest BCUT2D eigenvalue weighted by atomic mass is 10.1. The van der Waals surface area contributed by atoms with Crippen molar-refractivity contribution in [3.63, 3.8) is 0 Å². The number of hydrogen-bond acceptors (Lipinski definition) is 3. The highest BCUT2D eigenvalue weighted by Gasteiger charge is 2.21. The molecule has 1 rings (SSSR count). The molecule has 0 aliphatic carbocycles. The van der Waals surface area contributed by atoms with Crippen LogP contribution in [0.3, 0.4) is 0 Å². The molecular weight excluding hydrogens is 272 g/mol. The summed E-state index contributed by atoms with van der Waals surface area (Å²) in [6.45, 7) is 7.06. The van der Waals surface area contributed by atoms with Crippen LogP contribution >= 0.6 is 0 Å². The van der Waals surface area contributed by atoms with Gasteiger partial charge < -0.3 is 15.7 Å². The molecule has 112 valence electrons. The summed E-state index contributed by atoms with van der Waals surface area (Å²) in [6.07, 6.45) is 6.81. The van der Waals surface area contributed by atoms with E-state index in [-0.39, 0.29) is 30.0 Å². The van der Waals surface area contributed by atoms with Crippen molar-refractivity contribution in [2.45, 2.75) is 25.3 Å². The molecule has 0 aromatic rings. The van der Waals surface area contributed by atoms with Gasteiger partial charge in [0, 0.05) is 6.42 Å². The van der Waals surface area contributed by atoms with Crippen molar-refractivity contribution in [2.24, 2.45) is 0 Å². The van der Waals surface area contributed by atoms with Crippen molar-refractivity contribution < 1.29 is 19.5 Å². The number of hydrogen-bond donors (Lipinski definition) is 3. The summed E-state index contributed by atoms with van der Waals surface area (Å²) in [4.78, 5) is 35.0. The lowest BCUT2D eigenvalue weighted by Gasteiger charge is -2.16. The molecule has 0 bridgehead atoms. The molecule has 1 atom stereocenters. The molecule has 0 radical (unpaired) electrons. The number of carbonyl (C=O) groups is 3. The van der Waals surface area contributed by atoms with Gasteiger partial charge in [-0.3, -0.25) is 9.59 Å². The smallest absolute Gasteiger partial charge is 0.326 e. The first-order valence-electron chi connectivity index (χ1n) is 6.47. The Balaban J connectivity index is 3.15. The van der Waals surface area contributed by atoms with Crippen LogP contribution in [0.2, 0.25) is 0 Å². The molecule has 6 nitrogen and oxygen atoms in total. The lowest BCUT2D eigenvalue weighted by Crippen LogP contribution is -2.41. The minimum atomic E-state index is -1.13. The molecule has 1 aliphatic heterocycles. The molecule has 2 amide bonds. The Morgan fingerprint density at radius 3 is 2.57 bits per heavy atom. The number of carboxylic acid groups (broad SMARTS) is 1. The van der Waals surface area contributed by atoms with E-state index in [9.17, 15) is 14.4 Å². The highest BCUT2D eigenvalue weighted by Crippen LogP contribution is 2.09. The Kier molecular flexibility index (Phi) is 6.13. The molecule has 0 aromatic carbocycles. The summed E-state index contributed by atoms with van der Waals surface area (Å²) >= 11 is 0. The fourth-order valence-corrected chi connectivity index (χ4v) is 1.79. The monoisotopic (exact) mass is 290 g/mol. The Labute approximate surface area is 122 Å². The zero-order chi connectivity index (χ0) is 15.8. The van der Waals surface area contributed by atoms with Crippen LogP contribution in [0.4, 0.5) is 0 Å². The average Bonchev–Trinajstić information content (AvgIpc) is 2.43. The van der Waals surface area contributed by atoms with Crippen LogP contribution in [0.1, 0.15) is 19.3 Å². The molecule has 3 N–H and O–H groups in total. The van der Waals surface area contributed by atoms with E-state index < -0.39 is 17.9 Å². The average molecular weight is 290 g/mol. The van der Waals surface area contributed by atoms with Gasteiger partial charge in [-0.15, -0.1) is 0 Å². The largest absolute Gasteiger partial charge is 0.480 e. The molecule has 21 heavy (non-hydrogen) atoms. The zero-order valence-electron chi connectivity index (χ0n) is 11.6. The summed E-state index contributed by atoms with van der Waals surface area (Å²) in [6, 6.07) is -1.04. The van der Waals surface area contributed by atoms with Crippen LogP contribution in [0.15, 0.2) is 48.7 Å². The second-order valence-electron chi connectivity index (χ2n) is 4.39. The van der Waals surface area contributed by atoms with Gasteiger partial charge in [-0.1, -0.05) is 31.4 Å². The van der Waals surface area contributed by atoms with Gasteiger partial charge >= 0.3 is 5.97 Å². The SMILES string of the molecule is C=C/C1=C(\C=C)C(=O)NC(C(=O)O)C/C=C/CCC(=O)N1. The van der Waals surface area contributed by atoms with Gasteiger partial charge in [0.1, 0.15) is 6.04 Å². The number of carboxylic acids is 1. The topological polar surface area (TPSA) is 95.5 Å². The van der Waals surface area contributed by atoms with Crippen molar-refractivity contribution in [1.29, 1.82) is 0 Å². The lowest BCUT2D eigenvalue weighted by molar-refractivity contribution is -0.141. The quantitative estimate of drug-likeness (QED) is 0.677. The Hall–Kier alpha value is -2.63. The van der Waals surface area contributed by atoms with E-state index in [4.69, 9.17) is 5.11 Å². The van der Waals surface area contributed by atoms with Crippen LogP contribution in [0, 0.1) is 0 Å². The van der Waals surface area contributed by atoms with E-state index in [0.717, 1.165) is 0 Å². The van der Waals surface area contributed by atoms with Crippen LogP contribution in [-0.4, -0.2) is 28.9 Å². The predicted octanol–water partition coefficient (Wildman–Crippen LogP) is 1.04. The third kappa shape index (κ3) is 4.76. The molecule has 0 aromatic heterocycles. The predicted molar refractivity (Wildman–Crippen MR) is 78.1 cm³/mol. The van der Waals surface area contributed by atoms with Crippen molar-refractivity contribution in [2.75, 3.05) is 0 Å². The second kappa shape index (κ2) is 7.84. The van der Waals surface area contributed by atoms with Crippen LogP contribution in [-0.2, 0) is 14.4 Å². The summed E-state index contributed by atoms with van der Waals surface area (Å²) in [5, 5.41) is 14.1. The Bertz CT molecular complexity index is 532. The summed E-state index contributed by atoms with van der Waals surface area (Å²) in [5.74, 6) is -2.00. The molecule has 1 unspecified atom stereocenters. The number of rotatable bonds is 3. The maximum atomic E-state index is 12.1. The Morgan fingerprint density at radius 1 is 1.29 bits per heavy atom. The van der Waals surface area contributed by atoms with Gasteiger partial charge in [-0.2, -0.15) is 0 Å². The minimum absolute atomic E-state index is 0.0779. The van der Waals surface area contributed by atoms with Crippen molar-refractivity contribution in [3.05, 3.63) is 48.7 Å². The molecule has 0 saturated carbocycles. The molecule has 6 heteroatoms. The van der Waals surface area contributed by atoms with Crippen molar-refractivity contribution in [3.8, 4) is 0 Å². The van der Waals surface area contributed by atoms with Crippen LogP contribution < -0.4 is 10.6 Å². The highest BCUT2D eigenvalue weighted by molar-refractivity contribution is 6.00. The normalized spacial score (nSPS) is 25.6. The van der Waals surface area contributed by atoms with Gasteiger partial charge in [0.05, 0.1) is 11.3 Å². The van der Waals surface area contributed by atoms with Gasteiger partial charge in [0.2, 0.25) is 5.91 Å². The highest BCUT2D eigenvalue weighted by atomic mass is 16.4. The number of carbonyl (C=O) groups excluding carboxylic acids is 2. The molecule has 0 fully saturated rings. The second-order valence-corrected chi connectivity index (χ2v) is 4.39. The van der Waals surface area contributed by atoms with Gasteiger partial charge in [-0.25, -0.2) is 4.79 Å². The third-order valence-corrected chi connectivity index (χ3v) is 2.90. The summed E-state index contributed by atoms with van der Waals surface area (Å²) in [7, 11) is 0. The standard InChI is InChI=1S/C15H18N2O4/c1-3-10-11(4-2)16-13(18)9-7-5-6-8-12(15(20)21)17-14(10)19/h3-6,12H,1-2,7-9H2,(H,16,18)(H,17,19)(H,20,21)/b6-5+,11-10-. The van der Waals surface area contributed by atoms with Crippen LogP contribution in [0.5, 0.6) is 0 Å². The maximum absolute atomic E-state index is 12.1. The fourth-order valence-electron chi connectivity index (χ4n) is 1.79. The molecule has 1 heterocycles. The van der Waals surface area contributed by atoms with Gasteiger partial charge in [0.25, 0.3) is 5.91 Å². The minimum Gasteiger partial charge on any atom is -0.480 e. The zero-order valence-corrected chi connectivity index (χ0v) is 11.6. The number of nitrogens with one attached hydrogen (secondary N) is 2. The van der Waals surface area contributed by atoms with E-state index in [1.165, 1.54) is 12.2 Å². The third-order valence-electron chi connectivity index (χ3n) is 2.90. The first-order chi connectivity index (χ1) is 9.99. The van der Waals surface area contributed by atoms with E-state index >= 15 is 0 Å². The molecule has 0 spiro atoms. The van der Waals surface area contributed by atoms with E-state index in [1.807, 2.05) is 0 Å². The van der Waals surface area contributed by atoms with Crippen molar-refractivity contribution in [1.82, 2.24) is 10.6 Å². The van der Waals surface area contributed by atoms with Gasteiger partial charge in [-0.05, 0) is 18.9 Å². The van der Waals surface area contributed by atoms with E-state index in [1.54, 1.807) is 12.2 Å². The summed E-state index contributed by atoms with van der Waals surface area (Å²) in [5.41, 5.74) is 0.287. The maximum Gasteiger partial charge on any atom is 0.326 e. The first kappa shape index (κ1) is 16.4. The molecule has 0 saturated heterocycles. The fraction of sp³-hybridized carbons (Fsp3) is 0.267. The van der Waals surface area contributed by atoms with E-state index in [2.05, 4.69) is 23.8 Å². The van der Waals surface area contributed by atoms with Gasteiger partial charge in [0.15, 0.2) is 0 Å². The molecule has 1 aliphatic rings. The summed E-state index contributed by atoms with van der Waals surface area (Å²) < 4.78 is 0. The number of aliphatic carboxylic acids is 1.